The maximum absolute atomic E-state index is 11.9. The van der Waals surface area contributed by atoms with Crippen LogP contribution in [0.15, 0.2) is 43.0 Å². The summed E-state index contributed by atoms with van der Waals surface area (Å²) in [5.41, 5.74) is 0.830. The molecule has 1 unspecified atom stereocenters. The number of hydrogen-bond donors (Lipinski definition) is 0. The van der Waals surface area contributed by atoms with Crippen molar-refractivity contribution in [2.24, 2.45) is 0 Å². The van der Waals surface area contributed by atoms with Gasteiger partial charge in [-0.2, -0.15) is 5.10 Å². The Kier molecular flexibility index (Phi) is 3.49. The lowest BCUT2D eigenvalue weighted by Gasteiger charge is -2.15. The van der Waals surface area contributed by atoms with Gasteiger partial charge in [0.05, 0.1) is 6.61 Å². The van der Waals surface area contributed by atoms with Crippen LogP contribution in [0.3, 0.4) is 0 Å². The summed E-state index contributed by atoms with van der Waals surface area (Å²) in [4.78, 5) is 15.8. The first kappa shape index (κ1) is 11.3. The Balaban J connectivity index is 2.35. The molecule has 0 saturated heterocycles. The normalized spacial score (nSPS) is 12.1. The first-order valence-electron chi connectivity index (χ1n) is 5.38. The van der Waals surface area contributed by atoms with Crippen molar-refractivity contribution in [1.29, 1.82) is 0 Å². The first-order chi connectivity index (χ1) is 8.33. The number of carbonyl (C=O) groups is 1. The lowest BCUT2D eigenvalue weighted by molar-refractivity contribution is -0.146. The van der Waals surface area contributed by atoms with E-state index in [1.807, 2.05) is 30.3 Å². The zero-order chi connectivity index (χ0) is 12.1. The molecule has 1 aromatic heterocycles. The molecule has 0 N–H and O–H groups in total. The van der Waals surface area contributed by atoms with Gasteiger partial charge in [-0.05, 0) is 12.5 Å². The van der Waals surface area contributed by atoms with E-state index in [9.17, 15) is 4.79 Å². The molecule has 1 heterocycles. The number of aromatic nitrogens is 3. The summed E-state index contributed by atoms with van der Waals surface area (Å²) in [5, 5.41) is 4.00. The topological polar surface area (TPSA) is 57.0 Å². The lowest BCUT2D eigenvalue weighted by atomic mass is 10.1. The van der Waals surface area contributed by atoms with Gasteiger partial charge in [-0.3, -0.25) is 0 Å². The third kappa shape index (κ3) is 2.50. The Morgan fingerprint density at radius 3 is 2.76 bits per heavy atom. The average Bonchev–Trinajstić information content (AvgIpc) is 2.85. The standard InChI is InChI=1S/C12H13N3O2/c1-2-17-12(16)11(15-9-13-8-14-15)10-6-4-3-5-7-10/h3-9,11H,2H2,1H3. The molecule has 0 aliphatic carbocycles. The van der Waals surface area contributed by atoms with Crippen molar-refractivity contribution in [2.75, 3.05) is 6.61 Å². The zero-order valence-electron chi connectivity index (χ0n) is 9.48. The van der Waals surface area contributed by atoms with Crippen molar-refractivity contribution in [3.05, 3.63) is 48.5 Å². The molecule has 1 aromatic carbocycles. The third-order valence-electron chi connectivity index (χ3n) is 2.33. The van der Waals surface area contributed by atoms with Gasteiger partial charge >= 0.3 is 5.97 Å². The van der Waals surface area contributed by atoms with E-state index in [0.717, 1.165) is 5.56 Å². The van der Waals surface area contributed by atoms with Crippen LogP contribution in [-0.4, -0.2) is 27.3 Å². The highest BCUT2D eigenvalue weighted by atomic mass is 16.5. The van der Waals surface area contributed by atoms with Gasteiger partial charge in [-0.1, -0.05) is 30.3 Å². The van der Waals surface area contributed by atoms with Gasteiger partial charge < -0.3 is 4.74 Å². The van der Waals surface area contributed by atoms with Crippen LogP contribution in [0.25, 0.3) is 0 Å². The largest absolute Gasteiger partial charge is 0.464 e. The van der Waals surface area contributed by atoms with Gasteiger partial charge in [-0.15, -0.1) is 0 Å². The van der Waals surface area contributed by atoms with Crippen LogP contribution in [0.1, 0.15) is 18.5 Å². The molecule has 0 fully saturated rings. The molecule has 0 bridgehead atoms. The highest BCUT2D eigenvalue weighted by Gasteiger charge is 2.24. The average molecular weight is 231 g/mol. The molecule has 5 heteroatoms. The van der Waals surface area contributed by atoms with E-state index in [1.165, 1.54) is 17.3 Å². The van der Waals surface area contributed by atoms with Gasteiger partial charge in [0.25, 0.3) is 0 Å². The summed E-state index contributed by atoms with van der Waals surface area (Å²) in [6.07, 6.45) is 2.91. The summed E-state index contributed by atoms with van der Waals surface area (Å²) >= 11 is 0. The Bertz CT molecular complexity index is 468. The summed E-state index contributed by atoms with van der Waals surface area (Å²) in [6.45, 7) is 2.12. The summed E-state index contributed by atoms with van der Waals surface area (Å²) in [5.74, 6) is -0.329. The Morgan fingerprint density at radius 1 is 1.41 bits per heavy atom. The minimum absolute atomic E-state index is 0.329. The fourth-order valence-corrected chi connectivity index (χ4v) is 1.60. The van der Waals surface area contributed by atoms with Crippen LogP contribution < -0.4 is 0 Å². The molecule has 0 aliphatic heterocycles. The predicted molar refractivity (Wildman–Crippen MR) is 61.2 cm³/mol. The predicted octanol–water partition coefficient (Wildman–Crippen LogP) is 1.43. The van der Waals surface area contributed by atoms with Crippen LogP contribution in [-0.2, 0) is 9.53 Å². The molecule has 0 aliphatic rings. The molecule has 2 aromatic rings. The van der Waals surface area contributed by atoms with Crippen molar-refractivity contribution in [3.8, 4) is 0 Å². The highest BCUT2D eigenvalue weighted by Crippen LogP contribution is 2.18. The number of benzene rings is 1. The number of rotatable bonds is 4. The molecule has 88 valence electrons. The van der Waals surface area contributed by atoms with Crippen LogP contribution in [0.4, 0.5) is 0 Å². The molecular weight excluding hydrogens is 218 g/mol. The van der Waals surface area contributed by atoms with Crippen LogP contribution in [0.5, 0.6) is 0 Å². The number of ether oxygens (including phenoxy) is 1. The Hall–Kier alpha value is -2.17. The summed E-state index contributed by atoms with van der Waals surface area (Å²) < 4.78 is 6.55. The number of carbonyl (C=O) groups excluding carboxylic acids is 1. The van der Waals surface area contributed by atoms with Gasteiger partial charge in [0.2, 0.25) is 0 Å². The van der Waals surface area contributed by atoms with E-state index in [2.05, 4.69) is 10.1 Å². The Morgan fingerprint density at radius 2 is 2.18 bits per heavy atom. The molecular formula is C12H13N3O2. The lowest BCUT2D eigenvalue weighted by Crippen LogP contribution is -2.23. The second-order valence-electron chi connectivity index (χ2n) is 3.44. The Labute approximate surface area is 99.1 Å². The van der Waals surface area contributed by atoms with Crippen LogP contribution >= 0.6 is 0 Å². The zero-order valence-corrected chi connectivity index (χ0v) is 9.48. The van der Waals surface area contributed by atoms with Gasteiger partial charge in [0.15, 0.2) is 6.04 Å². The maximum atomic E-state index is 11.9. The summed E-state index contributed by atoms with van der Waals surface area (Å²) in [6, 6.07) is 8.80. The van der Waals surface area contributed by atoms with Crippen molar-refractivity contribution >= 4 is 5.97 Å². The van der Waals surface area contributed by atoms with E-state index in [4.69, 9.17) is 4.74 Å². The van der Waals surface area contributed by atoms with Crippen LogP contribution in [0.2, 0.25) is 0 Å². The van der Waals surface area contributed by atoms with Crippen molar-refractivity contribution in [3.63, 3.8) is 0 Å². The third-order valence-corrected chi connectivity index (χ3v) is 2.33. The van der Waals surface area contributed by atoms with Gasteiger partial charge in [0, 0.05) is 0 Å². The molecule has 0 radical (unpaired) electrons. The maximum Gasteiger partial charge on any atom is 0.335 e. The SMILES string of the molecule is CCOC(=O)C(c1ccccc1)n1cncn1. The number of hydrogen-bond acceptors (Lipinski definition) is 4. The van der Waals surface area contributed by atoms with Gasteiger partial charge in [-0.25, -0.2) is 14.5 Å². The number of esters is 1. The van der Waals surface area contributed by atoms with E-state index >= 15 is 0 Å². The van der Waals surface area contributed by atoms with Crippen molar-refractivity contribution in [2.45, 2.75) is 13.0 Å². The highest BCUT2D eigenvalue weighted by molar-refractivity contribution is 5.77. The fourth-order valence-electron chi connectivity index (χ4n) is 1.60. The van der Waals surface area contributed by atoms with Crippen molar-refractivity contribution in [1.82, 2.24) is 14.8 Å². The smallest absolute Gasteiger partial charge is 0.335 e. The van der Waals surface area contributed by atoms with Crippen LogP contribution in [0, 0.1) is 0 Å². The first-order valence-corrected chi connectivity index (χ1v) is 5.38. The molecule has 2 rings (SSSR count). The molecule has 0 amide bonds. The second-order valence-corrected chi connectivity index (χ2v) is 3.44. The van der Waals surface area contributed by atoms with E-state index in [0.29, 0.717) is 6.61 Å². The number of nitrogens with zero attached hydrogens (tertiary/aromatic N) is 3. The molecule has 17 heavy (non-hydrogen) atoms. The molecule has 0 spiro atoms. The monoisotopic (exact) mass is 231 g/mol. The van der Waals surface area contributed by atoms with Gasteiger partial charge in [0.1, 0.15) is 12.7 Å². The minimum atomic E-state index is -0.571. The van der Waals surface area contributed by atoms with E-state index in [1.54, 1.807) is 6.92 Å². The van der Waals surface area contributed by atoms with Crippen molar-refractivity contribution < 1.29 is 9.53 Å². The van der Waals surface area contributed by atoms with E-state index in [-0.39, 0.29) is 5.97 Å². The van der Waals surface area contributed by atoms with E-state index < -0.39 is 6.04 Å². The second kappa shape index (κ2) is 5.25. The molecule has 5 nitrogen and oxygen atoms in total. The molecule has 0 saturated carbocycles. The summed E-state index contributed by atoms with van der Waals surface area (Å²) in [7, 11) is 0. The quantitative estimate of drug-likeness (QED) is 0.747. The fraction of sp³-hybridized carbons (Fsp3) is 0.250. The molecule has 1 atom stereocenters. The minimum Gasteiger partial charge on any atom is -0.464 e.